The van der Waals surface area contributed by atoms with Crippen LogP contribution in [-0.2, 0) is 9.53 Å². The first-order valence-corrected chi connectivity index (χ1v) is 7.15. The summed E-state index contributed by atoms with van der Waals surface area (Å²) in [6, 6.07) is 7.45. The first-order valence-electron chi connectivity index (χ1n) is 7.15. The Bertz CT molecular complexity index is 712. The van der Waals surface area contributed by atoms with Crippen molar-refractivity contribution in [1.82, 2.24) is 15.3 Å². The van der Waals surface area contributed by atoms with Gasteiger partial charge in [0.1, 0.15) is 11.6 Å². The molecule has 6 heteroatoms. The van der Waals surface area contributed by atoms with Gasteiger partial charge >= 0.3 is 0 Å². The largest absolute Gasteiger partial charge is 0.382 e. The summed E-state index contributed by atoms with van der Waals surface area (Å²) in [5.74, 6) is -0.372. The SMILES string of the molecule is CCOCCCNC(=O)/C(C#N)=C\c1ccc2nc[nH]c2c1. The fourth-order valence-electron chi connectivity index (χ4n) is 1.97. The molecule has 0 saturated heterocycles. The Morgan fingerprint density at radius 1 is 1.55 bits per heavy atom. The number of ether oxygens (including phenoxy) is 1. The maximum Gasteiger partial charge on any atom is 0.261 e. The van der Waals surface area contributed by atoms with Gasteiger partial charge in [0.05, 0.1) is 17.4 Å². The summed E-state index contributed by atoms with van der Waals surface area (Å²) in [4.78, 5) is 19.1. The van der Waals surface area contributed by atoms with Crippen LogP contribution in [0.2, 0.25) is 0 Å². The molecule has 1 aromatic heterocycles. The number of nitrogens with zero attached hydrogens (tertiary/aromatic N) is 2. The van der Waals surface area contributed by atoms with E-state index in [1.165, 1.54) is 0 Å². The van der Waals surface area contributed by atoms with Crippen LogP contribution in [0, 0.1) is 11.3 Å². The van der Waals surface area contributed by atoms with Crippen LogP contribution in [0.1, 0.15) is 18.9 Å². The van der Waals surface area contributed by atoms with Crippen molar-refractivity contribution in [3.63, 3.8) is 0 Å². The Hall–Kier alpha value is -2.65. The molecule has 1 heterocycles. The van der Waals surface area contributed by atoms with Crippen LogP contribution in [0.25, 0.3) is 17.1 Å². The van der Waals surface area contributed by atoms with Crippen molar-refractivity contribution in [3.05, 3.63) is 35.7 Å². The second-order valence-electron chi connectivity index (χ2n) is 4.66. The lowest BCUT2D eigenvalue weighted by Crippen LogP contribution is -2.26. The van der Waals surface area contributed by atoms with Crippen molar-refractivity contribution in [3.8, 4) is 6.07 Å². The van der Waals surface area contributed by atoms with Crippen LogP contribution in [0.4, 0.5) is 0 Å². The second-order valence-corrected chi connectivity index (χ2v) is 4.66. The van der Waals surface area contributed by atoms with E-state index in [-0.39, 0.29) is 11.5 Å². The topological polar surface area (TPSA) is 90.8 Å². The van der Waals surface area contributed by atoms with Crippen LogP contribution in [0.15, 0.2) is 30.1 Å². The fourth-order valence-corrected chi connectivity index (χ4v) is 1.97. The lowest BCUT2D eigenvalue weighted by atomic mass is 10.1. The second kappa shape index (κ2) is 7.96. The predicted octanol–water partition coefficient (Wildman–Crippen LogP) is 2.01. The van der Waals surface area contributed by atoms with Crippen molar-refractivity contribution in [2.24, 2.45) is 0 Å². The van der Waals surface area contributed by atoms with E-state index in [0.717, 1.165) is 23.0 Å². The van der Waals surface area contributed by atoms with Gasteiger partial charge in [-0.1, -0.05) is 6.07 Å². The highest BCUT2D eigenvalue weighted by atomic mass is 16.5. The Labute approximate surface area is 128 Å². The maximum atomic E-state index is 12.0. The van der Waals surface area contributed by atoms with E-state index in [2.05, 4.69) is 15.3 Å². The molecule has 114 valence electrons. The van der Waals surface area contributed by atoms with E-state index in [9.17, 15) is 4.79 Å². The van der Waals surface area contributed by atoms with Crippen LogP contribution >= 0.6 is 0 Å². The smallest absolute Gasteiger partial charge is 0.261 e. The summed E-state index contributed by atoms with van der Waals surface area (Å²) in [6.07, 6.45) is 3.89. The number of carbonyl (C=O) groups excluding carboxylic acids is 1. The van der Waals surface area contributed by atoms with Crippen LogP contribution < -0.4 is 5.32 Å². The lowest BCUT2D eigenvalue weighted by Gasteiger charge is -2.04. The first kappa shape index (κ1) is 15.7. The van der Waals surface area contributed by atoms with Gasteiger partial charge in [-0.15, -0.1) is 0 Å². The summed E-state index contributed by atoms with van der Waals surface area (Å²) in [7, 11) is 0. The van der Waals surface area contributed by atoms with E-state index < -0.39 is 0 Å². The van der Waals surface area contributed by atoms with Crippen molar-refractivity contribution in [1.29, 1.82) is 5.26 Å². The Kier molecular flexibility index (Phi) is 5.69. The third kappa shape index (κ3) is 4.17. The number of fused-ring (bicyclic) bond motifs is 1. The zero-order chi connectivity index (χ0) is 15.8. The van der Waals surface area contributed by atoms with Gasteiger partial charge in [0.25, 0.3) is 5.91 Å². The van der Waals surface area contributed by atoms with Gasteiger partial charge in [-0.3, -0.25) is 4.79 Å². The highest BCUT2D eigenvalue weighted by Gasteiger charge is 2.08. The number of hydrogen-bond donors (Lipinski definition) is 2. The number of carbonyl (C=O) groups is 1. The number of imidazole rings is 1. The van der Waals surface area contributed by atoms with E-state index in [0.29, 0.717) is 19.8 Å². The molecule has 0 saturated carbocycles. The molecule has 0 unspecified atom stereocenters. The van der Waals surface area contributed by atoms with Crippen molar-refractivity contribution >= 4 is 23.0 Å². The fraction of sp³-hybridized carbons (Fsp3) is 0.312. The molecule has 0 aliphatic heterocycles. The molecule has 0 aliphatic rings. The third-order valence-corrected chi connectivity index (χ3v) is 3.08. The highest BCUT2D eigenvalue weighted by molar-refractivity contribution is 6.01. The number of hydrogen-bond acceptors (Lipinski definition) is 4. The van der Waals surface area contributed by atoms with Gasteiger partial charge in [0.2, 0.25) is 0 Å². The molecule has 0 spiro atoms. The minimum atomic E-state index is -0.372. The monoisotopic (exact) mass is 298 g/mol. The Morgan fingerprint density at radius 3 is 3.18 bits per heavy atom. The first-order chi connectivity index (χ1) is 10.7. The van der Waals surface area contributed by atoms with Gasteiger partial charge in [0, 0.05) is 19.8 Å². The summed E-state index contributed by atoms with van der Waals surface area (Å²) in [6.45, 7) is 3.66. The van der Waals surface area contributed by atoms with Gasteiger partial charge in [0.15, 0.2) is 0 Å². The molecule has 0 radical (unpaired) electrons. The normalized spacial score (nSPS) is 11.4. The predicted molar refractivity (Wildman–Crippen MR) is 83.8 cm³/mol. The number of aromatic nitrogens is 2. The van der Waals surface area contributed by atoms with Gasteiger partial charge < -0.3 is 15.0 Å². The van der Waals surface area contributed by atoms with Crippen LogP contribution in [0.3, 0.4) is 0 Å². The molecular formula is C16H18N4O2. The number of amides is 1. The van der Waals surface area contributed by atoms with Crippen LogP contribution in [-0.4, -0.2) is 35.6 Å². The molecule has 0 aliphatic carbocycles. The van der Waals surface area contributed by atoms with Gasteiger partial charge in [-0.25, -0.2) is 4.98 Å². The molecule has 1 amide bonds. The average Bonchev–Trinajstić information content (AvgIpc) is 2.99. The summed E-state index contributed by atoms with van der Waals surface area (Å²) in [5, 5.41) is 11.9. The summed E-state index contributed by atoms with van der Waals surface area (Å²) in [5.41, 5.74) is 2.56. The number of nitrogens with one attached hydrogen (secondary N) is 2. The standard InChI is InChI=1S/C16H18N4O2/c1-2-22-7-3-6-18-16(21)13(10-17)8-12-4-5-14-15(9-12)20-11-19-14/h4-5,8-9,11H,2-3,6-7H2,1H3,(H,18,21)(H,19,20)/b13-8-. The number of H-pyrrole nitrogens is 1. The molecule has 0 fully saturated rings. The number of rotatable bonds is 7. The zero-order valence-electron chi connectivity index (χ0n) is 12.4. The molecule has 0 atom stereocenters. The lowest BCUT2D eigenvalue weighted by molar-refractivity contribution is -0.117. The zero-order valence-corrected chi connectivity index (χ0v) is 12.4. The van der Waals surface area contributed by atoms with Gasteiger partial charge in [-0.05, 0) is 37.1 Å². The quantitative estimate of drug-likeness (QED) is 0.465. The van der Waals surface area contributed by atoms with E-state index in [4.69, 9.17) is 10.00 Å². The number of benzene rings is 1. The van der Waals surface area contributed by atoms with Crippen molar-refractivity contribution in [2.75, 3.05) is 19.8 Å². The van der Waals surface area contributed by atoms with Gasteiger partial charge in [-0.2, -0.15) is 5.26 Å². The van der Waals surface area contributed by atoms with Crippen LogP contribution in [0.5, 0.6) is 0 Å². The molecule has 2 rings (SSSR count). The Morgan fingerprint density at radius 2 is 2.41 bits per heavy atom. The maximum absolute atomic E-state index is 12.0. The van der Waals surface area contributed by atoms with E-state index >= 15 is 0 Å². The van der Waals surface area contributed by atoms with E-state index in [1.54, 1.807) is 12.4 Å². The number of aromatic amines is 1. The van der Waals surface area contributed by atoms with Crippen molar-refractivity contribution in [2.45, 2.75) is 13.3 Å². The van der Waals surface area contributed by atoms with E-state index in [1.807, 2.05) is 31.2 Å². The third-order valence-electron chi connectivity index (χ3n) is 3.08. The minimum Gasteiger partial charge on any atom is -0.382 e. The molecule has 2 aromatic rings. The molecule has 0 bridgehead atoms. The molecule has 2 N–H and O–H groups in total. The molecule has 6 nitrogen and oxygen atoms in total. The highest BCUT2D eigenvalue weighted by Crippen LogP contribution is 2.14. The summed E-state index contributed by atoms with van der Waals surface area (Å²) < 4.78 is 5.19. The average molecular weight is 298 g/mol. The van der Waals surface area contributed by atoms with Crippen molar-refractivity contribution < 1.29 is 9.53 Å². The Balaban J connectivity index is 2.00. The minimum absolute atomic E-state index is 0.0790. The summed E-state index contributed by atoms with van der Waals surface area (Å²) >= 11 is 0. The number of nitriles is 1. The molecule has 22 heavy (non-hydrogen) atoms. The molecular weight excluding hydrogens is 280 g/mol. The molecule has 1 aromatic carbocycles.